The second-order valence-corrected chi connectivity index (χ2v) is 9.74. The molecule has 0 aliphatic carbocycles. The number of carbonyl (C=O) groups excluding carboxylic acids is 1. The highest BCUT2D eigenvalue weighted by Crippen LogP contribution is 2.35. The normalized spacial score (nSPS) is 16.2. The van der Waals surface area contributed by atoms with Crippen LogP contribution < -0.4 is 5.32 Å². The second kappa shape index (κ2) is 9.49. The van der Waals surface area contributed by atoms with Gasteiger partial charge in [0.15, 0.2) is 5.13 Å². The van der Waals surface area contributed by atoms with E-state index in [-0.39, 0.29) is 12.5 Å². The lowest BCUT2D eigenvalue weighted by Gasteiger charge is -2.31. The van der Waals surface area contributed by atoms with Crippen LogP contribution in [0.5, 0.6) is 0 Å². The third-order valence-electron chi connectivity index (χ3n) is 5.10. The number of rotatable bonds is 6. The summed E-state index contributed by atoms with van der Waals surface area (Å²) >= 11 is 3.05. The number of hydrogen-bond donors (Lipinski definition) is 2. The maximum Gasteiger partial charge on any atom is 0.308 e. The molecule has 0 radical (unpaired) electrons. The zero-order valence-corrected chi connectivity index (χ0v) is 18.6. The molecule has 2 aromatic heterocycles. The van der Waals surface area contributed by atoms with Gasteiger partial charge in [0.1, 0.15) is 5.82 Å². The first-order valence-electron chi connectivity index (χ1n) is 9.94. The fraction of sp³-hybridized carbons (Fsp3) is 0.273. The summed E-state index contributed by atoms with van der Waals surface area (Å²) in [7, 11) is 0. The molecule has 0 saturated carbocycles. The summed E-state index contributed by atoms with van der Waals surface area (Å²) in [5, 5.41) is 13.2. The quantitative estimate of drug-likeness (QED) is 0.558. The van der Waals surface area contributed by atoms with Gasteiger partial charge in [0, 0.05) is 29.7 Å². The van der Waals surface area contributed by atoms with Gasteiger partial charge in [0.05, 0.1) is 16.3 Å². The molecule has 160 valence electrons. The number of benzene rings is 1. The third-order valence-corrected chi connectivity index (χ3v) is 7.10. The van der Waals surface area contributed by atoms with E-state index in [0.29, 0.717) is 24.9 Å². The minimum Gasteiger partial charge on any atom is -0.481 e. The Bertz CT molecular complexity index is 1090. The number of carboxylic acids is 1. The number of carbonyl (C=O) groups is 2. The summed E-state index contributed by atoms with van der Waals surface area (Å²) in [5.74, 6) is -0.692. The van der Waals surface area contributed by atoms with Gasteiger partial charge in [0.25, 0.3) is 5.91 Å². The molecular formula is C22H22N4O3S2. The Morgan fingerprint density at radius 2 is 2.13 bits per heavy atom. The minimum atomic E-state index is -0.834. The van der Waals surface area contributed by atoms with Crippen molar-refractivity contribution in [3.63, 3.8) is 0 Å². The van der Waals surface area contributed by atoms with Crippen LogP contribution in [0.25, 0.3) is 0 Å². The lowest BCUT2D eigenvalue weighted by Crippen LogP contribution is -2.42. The molecule has 1 aliphatic heterocycles. The van der Waals surface area contributed by atoms with Crippen LogP contribution in [0.15, 0.2) is 57.9 Å². The van der Waals surface area contributed by atoms with E-state index in [4.69, 9.17) is 0 Å². The van der Waals surface area contributed by atoms with Gasteiger partial charge in [-0.15, -0.1) is 0 Å². The molecule has 31 heavy (non-hydrogen) atoms. The Balaban J connectivity index is 1.47. The van der Waals surface area contributed by atoms with Gasteiger partial charge in [-0.05, 0) is 49.6 Å². The number of piperidine rings is 1. The summed E-state index contributed by atoms with van der Waals surface area (Å²) in [6.45, 7) is 2.76. The van der Waals surface area contributed by atoms with Crippen molar-refractivity contribution < 1.29 is 14.7 Å². The van der Waals surface area contributed by atoms with E-state index in [9.17, 15) is 14.7 Å². The predicted molar refractivity (Wildman–Crippen MR) is 121 cm³/mol. The van der Waals surface area contributed by atoms with Gasteiger partial charge < -0.3 is 15.3 Å². The second-order valence-electron chi connectivity index (χ2n) is 7.33. The van der Waals surface area contributed by atoms with Crippen molar-refractivity contribution in [2.45, 2.75) is 28.9 Å². The molecule has 1 saturated heterocycles. The van der Waals surface area contributed by atoms with Gasteiger partial charge in [-0.2, -0.15) is 0 Å². The number of anilines is 2. The summed E-state index contributed by atoms with van der Waals surface area (Å²) < 4.78 is 0.990. The first-order chi connectivity index (χ1) is 15.0. The van der Waals surface area contributed by atoms with Crippen LogP contribution in [0.1, 0.15) is 28.8 Å². The van der Waals surface area contributed by atoms with Crippen molar-refractivity contribution in [1.29, 1.82) is 0 Å². The van der Waals surface area contributed by atoms with Crippen molar-refractivity contribution in [1.82, 2.24) is 14.9 Å². The molecule has 1 atom stereocenters. The largest absolute Gasteiger partial charge is 0.481 e. The lowest BCUT2D eigenvalue weighted by molar-refractivity contribution is -0.143. The topological polar surface area (TPSA) is 95.4 Å². The summed E-state index contributed by atoms with van der Waals surface area (Å²) in [6, 6.07) is 11.4. The first kappa shape index (κ1) is 21.3. The average Bonchev–Trinajstić information content (AvgIpc) is 3.22. The fourth-order valence-electron chi connectivity index (χ4n) is 3.46. The summed E-state index contributed by atoms with van der Waals surface area (Å²) in [6.07, 6.45) is 4.85. The van der Waals surface area contributed by atoms with E-state index < -0.39 is 11.9 Å². The Morgan fingerprint density at radius 1 is 1.26 bits per heavy atom. The number of nitrogens with zero attached hydrogens (tertiary/aromatic N) is 3. The Hall–Kier alpha value is -2.91. The molecular weight excluding hydrogens is 432 g/mol. The van der Waals surface area contributed by atoms with Crippen LogP contribution in [-0.2, 0) is 4.79 Å². The standard InChI is InChI=1S/C22H22N4O3S2/c1-14-7-8-16(11-17(14)20(27)26-10-4-5-15(13-26)21(28)29)30-19-12-24-22(31-19)25-18-6-2-3-9-23-18/h2-3,6-9,11-12,15H,4-5,10,13H2,1H3,(H,28,29)(H,23,24,25). The van der Waals surface area contributed by atoms with Gasteiger partial charge in [-0.25, -0.2) is 9.97 Å². The maximum absolute atomic E-state index is 13.1. The molecule has 9 heteroatoms. The number of nitrogens with one attached hydrogen (secondary N) is 1. The number of pyridine rings is 1. The van der Waals surface area contributed by atoms with Crippen molar-refractivity contribution in [2.75, 3.05) is 18.4 Å². The maximum atomic E-state index is 13.1. The molecule has 1 unspecified atom stereocenters. The van der Waals surface area contributed by atoms with E-state index in [1.54, 1.807) is 29.1 Å². The Morgan fingerprint density at radius 3 is 2.90 bits per heavy atom. The van der Waals surface area contributed by atoms with Crippen LogP contribution in [0.3, 0.4) is 0 Å². The molecule has 1 fully saturated rings. The van der Waals surface area contributed by atoms with E-state index in [0.717, 1.165) is 25.6 Å². The van der Waals surface area contributed by atoms with Crippen molar-refractivity contribution in [2.24, 2.45) is 5.92 Å². The number of carboxylic acid groups (broad SMARTS) is 1. The molecule has 0 spiro atoms. The molecule has 3 heterocycles. The van der Waals surface area contributed by atoms with Crippen LogP contribution in [-0.4, -0.2) is 44.9 Å². The molecule has 4 rings (SSSR count). The molecule has 3 aromatic rings. The highest BCUT2D eigenvalue weighted by molar-refractivity contribution is 8.01. The number of aryl methyl sites for hydroxylation is 1. The van der Waals surface area contributed by atoms with Crippen molar-refractivity contribution >= 4 is 45.9 Å². The zero-order valence-electron chi connectivity index (χ0n) is 16.9. The van der Waals surface area contributed by atoms with Crippen LogP contribution in [0.2, 0.25) is 0 Å². The third kappa shape index (κ3) is 5.23. The predicted octanol–water partition coefficient (Wildman–Crippen LogP) is 4.68. The SMILES string of the molecule is Cc1ccc(Sc2cnc(Nc3ccccn3)s2)cc1C(=O)N1CCCC(C(=O)O)C1. The molecule has 1 aromatic carbocycles. The van der Waals surface area contributed by atoms with E-state index >= 15 is 0 Å². The number of aromatic nitrogens is 2. The smallest absolute Gasteiger partial charge is 0.308 e. The molecule has 1 amide bonds. The van der Waals surface area contributed by atoms with Crippen molar-refractivity contribution in [3.8, 4) is 0 Å². The van der Waals surface area contributed by atoms with E-state index in [2.05, 4.69) is 15.3 Å². The zero-order chi connectivity index (χ0) is 21.8. The van der Waals surface area contributed by atoms with Gasteiger partial charge >= 0.3 is 5.97 Å². The van der Waals surface area contributed by atoms with Crippen LogP contribution >= 0.6 is 23.1 Å². The lowest BCUT2D eigenvalue weighted by atomic mass is 9.97. The van der Waals surface area contributed by atoms with E-state index in [1.807, 2.05) is 43.3 Å². The Labute approximate surface area is 188 Å². The summed E-state index contributed by atoms with van der Waals surface area (Å²) in [4.78, 5) is 35.7. The first-order valence-corrected chi connectivity index (χ1v) is 11.6. The van der Waals surface area contributed by atoms with Crippen LogP contribution in [0.4, 0.5) is 10.9 Å². The highest BCUT2D eigenvalue weighted by atomic mass is 32.2. The molecule has 7 nitrogen and oxygen atoms in total. The summed E-state index contributed by atoms with van der Waals surface area (Å²) in [5.41, 5.74) is 1.50. The number of hydrogen-bond acceptors (Lipinski definition) is 7. The fourth-order valence-corrected chi connectivity index (χ4v) is 5.35. The molecule has 0 bridgehead atoms. The Kier molecular flexibility index (Phi) is 6.53. The number of thiazole rings is 1. The number of amides is 1. The van der Waals surface area contributed by atoms with Gasteiger partial charge in [-0.3, -0.25) is 9.59 Å². The molecule has 1 aliphatic rings. The molecule has 2 N–H and O–H groups in total. The number of likely N-dealkylation sites (tertiary alicyclic amines) is 1. The van der Waals surface area contributed by atoms with Crippen LogP contribution in [0, 0.1) is 12.8 Å². The van der Waals surface area contributed by atoms with Gasteiger partial charge in [-0.1, -0.05) is 35.2 Å². The number of aliphatic carboxylic acids is 1. The average molecular weight is 455 g/mol. The van der Waals surface area contributed by atoms with E-state index in [1.165, 1.54) is 11.3 Å². The minimum absolute atomic E-state index is 0.104. The van der Waals surface area contributed by atoms with Gasteiger partial charge in [0.2, 0.25) is 0 Å². The highest BCUT2D eigenvalue weighted by Gasteiger charge is 2.29. The van der Waals surface area contributed by atoms with Crippen molar-refractivity contribution in [3.05, 3.63) is 59.9 Å². The monoisotopic (exact) mass is 454 g/mol.